The summed E-state index contributed by atoms with van der Waals surface area (Å²) in [5, 5.41) is 2.97. The van der Waals surface area contributed by atoms with Crippen LogP contribution < -0.4 is 19.5 Å². The molecule has 0 bridgehead atoms. The van der Waals surface area contributed by atoms with Gasteiger partial charge in [0.05, 0.1) is 19.9 Å². The third kappa shape index (κ3) is 4.02. The monoisotopic (exact) mass is 291 g/mol. The highest BCUT2D eigenvalue weighted by molar-refractivity contribution is 5.49. The van der Waals surface area contributed by atoms with Crippen molar-refractivity contribution in [1.29, 1.82) is 0 Å². The van der Waals surface area contributed by atoms with Gasteiger partial charge in [0.15, 0.2) is 11.5 Å². The minimum atomic E-state index is -0.326. The second kappa shape index (κ2) is 7.38. The summed E-state index contributed by atoms with van der Waals surface area (Å²) in [6.45, 7) is 0.846. The lowest BCUT2D eigenvalue weighted by atomic mass is 10.3. The smallest absolute Gasteiger partial charge is 0.161 e. The molecule has 0 heterocycles. The number of nitrogens with one attached hydrogen (secondary N) is 1. The number of hydrogen-bond acceptors (Lipinski definition) is 4. The summed E-state index contributed by atoms with van der Waals surface area (Å²) in [6, 6.07) is 11.9. The molecule has 0 aliphatic heterocycles. The average molecular weight is 291 g/mol. The van der Waals surface area contributed by atoms with E-state index in [-0.39, 0.29) is 5.82 Å². The van der Waals surface area contributed by atoms with E-state index >= 15 is 0 Å². The fourth-order valence-corrected chi connectivity index (χ4v) is 1.85. The lowest BCUT2D eigenvalue weighted by molar-refractivity contribution is 0.305. The van der Waals surface area contributed by atoms with Gasteiger partial charge >= 0.3 is 0 Å². The van der Waals surface area contributed by atoms with Crippen LogP contribution in [0.5, 0.6) is 17.2 Å². The number of ether oxygens (including phenoxy) is 3. The zero-order valence-corrected chi connectivity index (χ0v) is 12.1. The van der Waals surface area contributed by atoms with Crippen LogP contribution in [0.15, 0.2) is 42.5 Å². The lowest BCUT2D eigenvalue weighted by Gasteiger charge is -2.12. The Morgan fingerprint density at radius 3 is 2.48 bits per heavy atom. The van der Waals surface area contributed by atoms with E-state index in [4.69, 9.17) is 14.2 Å². The highest BCUT2D eigenvalue weighted by Crippen LogP contribution is 2.25. The van der Waals surface area contributed by atoms with Gasteiger partial charge in [0, 0.05) is 12.6 Å². The van der Waals surface area contributed by atoms with Crippen molar-refractivity contribution in [1.82, 2.24) is 0 Å². The van der Waals surface area contributed by atoms with Crippen LogP contribution in [0.25, 0.3) is 0 Å². The van der Waals surface area contributed by atoms with Gasteiger partial charge in [0.1, 0.15) is 18.2 Å². The van der Waals surface area contributed by atoms with Crippen LogP contribution in [0.2, 0.25) is 0 Å². The molecule has 21 heavy (non-hydrogen) atoms. The van der Waals surface area contributed by atoms with Crippen molar-refractivity contribution >= 4 is 5.69 Å². The average Bonchev–Trinajstić information content (AvgIpc) is 2.53. The van der Waals surface area contributed by atoms with E-state index in [0.29, 0.717) is 36.1 Å². The molecular formula is C16H18FNO3. The number of benzene rings is 2. The summed E-state index contributed by atoms with van der Waals surface area (Å²) in [4.78, 5) is 0. The molecule has 0 unspecified atom stereocenters. The van der Waals surface area contributed by atoms with E-state index in [0.717, 1.165) is 0 Å². The molecule has 0 fully saturated rings. The fraction of sp³-hybridized carbons (Fsp3) is 0.250. The molecule has 2 rings (SSSR count). The maximum absolute atomic E-state index is 13.6. The van der Waals surface area contributed by atoms with Crippen LogP contribution in [0.3, 0.4) is 0 Å². The molecule has 4 nitrogen and oxygen atoms in total. The van der Waals surface area contributed by atoms with Crippen molar-refractivity contribution in [2.75, 3.05) is 32.7 Å². The molecule has 2 aromatic carbocycles. The fourth-order valence-electron chi connectivity index (χ4n) is 1.85. The number of rotatable bonds is 7. The van der Waals surface area contributed by atoms with E-state index < -0.39 is 0 Å². The quantitative estimate of drug-likeness (QED) is 0.794. The largest absolute Gasteiger partial charge is 0.497 e. The number of halogens is 1. The van der Waals surface area contributed by atoms with Gasteiger partial charge in [-0.05, 0) is 24.3 Å². The van der Waals surface area contributed by atoms with Crippen molar-refractivity contribution in [3.05, 3.63) is 48.3 Å². The first-order chi connectivity index (χ1) is 10.2. The van der Waals surface area contributed by atoms with Crippen LogP contribution >= 0.6 is 0 Å². The maximum atomic E-state index is 13.6. The summed E-state index contributed by atoms with van der Waals surface area (Å²) >= 11 is 0. The molecule has 0 aliphatic carbocycles. The molecule has 5 heteroatoms. The maximum Gasteiger partial charge on any atom is 0.161 e. The van der Waals surface area contributed by atoms with Gasteiger partial charge in [0.25, 0.3) is 0 Å². The number of hydrogen-bond donors (Lipinski definition) is 1. The van der Waals surface area contributed by atoms with E-state index in [2.05, 4.69) is 5.32 Å². The molecule has 0 amide bonds. The molecule has 0 atom stereocenters. The molecule has 0 saturated heterocycles. The molecule has 112 valence electrons. The molecule has 0 aromatic heterocycles. The Bertz CT molecular complexity index is 589. The summed E-state index contributed by atoms with van der Waals surface area (Å²) in [5.41, 5.74) is 0.387. The predicted molar refractivity (Wildman–Crippen MR) is 79.9 cm³/mol. The first kappa shape index (κ1) is 15.0. The van der Waals surface area contributed by atoms with Crippen molar-refractivity contribution in [3.63, 3.8) is 0 Å². The van der Waals surface area contributed by atoms with Crippen LogP contribution in [-0.4, -0.2) is 27.4 Å². The Morgan fingerprint density at radius 1 is 1.00 bits per heavy atom. The molecule has 1 N–H and O–H groups in total. The van der Waals surface area contributed by atoms with Gasteiger partial charge in [-0.15, -0.1) is 0 Å². The van der Waals surface area contributed by atoms with Gasteiger partial charge < -0.3 is 19.5 Å². The van der Waals surface area contributed by atoms with Gasteiger partial charge in [0.2, 0.25) is 0 Å². The van der Waals surface area contributed by atoms with Gasteiger partial charge in [-0.2, -0.15) is 0 Å². The molecule has 0 spiro atoms. The van der Waals surface area contributed by atoms with E-state index in [1.807, 2.05) is 24.3 Å². The second-order valence-electron chi connectivity index (χ2n) is 4.27. The highest BCUT2D eigenvalue weighted by atomic mass is 19.1. The Labute approximate surface area is 123 Å². The zero-order chi connectivity index (χ0) is 15.1. The molecule has 0 aliphatic rings. The molecular weight excluding hydrogens is 273 g/mol. The number of para-hydroxylation sites is 2. The Morgan fingerprint density at radius 2 is 1.76 bits per heavy atom. The minimum Gasteiger partial charge on any atom is -0.497 e. The standard InChI is InChI=1S/C16H18FNO3/c1-19-12-7-8-13(17)14(11-12)18-9-10-21-16-6-4-3-5-15(16)20-2/h3-8,11,18H,9-10H2,1-2H3. The number of methoxy groups -OCH3 is 2. The lowest BCUT2D eigenvalue weighted by Crippen LogP contribution is -2.12. The topological polar surface area (TPSA) is 39.7 Å². The van der Waals surface area contributed by atoms with E-state index in [1.54, 1.807) is 26.4 Å². The van der Waals surface area contributed by atoms with Crippen molar-refractivity contribution < 1.29 is 18.6 Å². The highest BCUT2D eigenvalue weighted by Gasteiger charge is 2.05. The zero-order valence-electron chi connectivity index (χ0n) is 12.1. The summed E-state index contributed by atoms with van der Waals surface area (Å²) in [6.07, 6.45) is 0. The van der Waals surface area contributed by atoms with Gasteiger partial charge in [-0.25, -0.2) is 4.39 Å². The van der Waals surface area contributed by atoms with Gasteiger partial charge in [-0.1, -0.05) is 12.1 Å². The van der Waals surface area contributed by atoms with Crippen LogP contribution in [0.4, 0.5) is 10.1 Å². The summed E-state index contributed by atoms with van der Waals surface area (Å²) < 4.78 is 29.5. The molecule has 0 radical (unpaired) electrons. The second-order valence-corrected chi connectivity index (χ2v) is 4.27. The van der Waals surface area contributed by atoms with Crippen molar-refractivity contribution in [2.45, 2.75) is 0 Å². The first-order valence-electron chi connectivity index (χ1n) is 6.58. The van der Waals surface area contributed by atoms with Crippen LogP contribution in [0, 0.1) is 5.82 Å². The van der Waals surface area contributed by atoms with Gasteiger partial charge in [-0.3, -0.25) is 0 Å². The first-order valence-corrected chi connectivity index (χ1v) is 6.58. The third-order valence-corrected chi connectivity index (χ3v) is 2.92. The molecule has 0 saturated carbocycles. The Kier molecular flexibility index (Phi) is 5.26. The van der Waals surface area contributed by atoms with Crippen molar-refractivity contribution in [3.8, 4) is 17.2 Å². The number of anilines is 1. The Hall–Kier alpha value is -2.43. The van der Waals surface area contributed by atoms with Crippen molar-refractivity contribution in [2.24, 2.45) is 0 Å². The van der Waals surface area contributed by atoms with Crippen LogP contribution in [0.1, 0.15) is 0 Å². The predicted octanol–water partition coefficient (Wildman–Crippen LogP) is 3.33. The normalized spacial score (nSPS) is 10.0. The minimum absolute atomic E-state index is 0.326. The summed E-state index contributed by atoms with van der Waals surface area (Å²) in [7, 11) is 3.13. The Balaban J connectivity index is 1.87. The summed E-state index contributed by atoms with van der Waals surface area (Å²) in [5.74, 6) is 1.61. The third-order valence-electron chi connectivity index (χ3n) is 2.92. The van der Waals surface area contributed by atoms with Crippen LogP contribution in [-0.2, 0) is 0 Å². The van der Waals surface area contributed by atoms with E-state index in [1.165, 1.54) is 6.07 Å². The SMILES string of the molecule is COc1ccc(F)c(NCCOc2ccccc2OC)c1. The molecule has 2 aromatic rings. The van der Waals surface area contributed by atoms with E-state index in [9.17, 15) is 4.39 Å².